The van der Waals surface area contributed by atoms with Gasteiger partial charge in [-0.3, -0.25) is 9.59 Å². The van der Waals surface area contributed by atoms with Gasteiger partial charge in [-0.05, 0) is 84.4 Å². The summed E-state index contributed by atoms with van der Waals surface area (Å²) in [6, 6.07) is 12.2. The number of hydrogen-bond donors (Lipinski definition) is 2. The number of aryl methyl sites for hydroxylation is 2. The van der Waals surface area contributed by atoms with Gasteiger partial charge in [0.2, 0.25) is 11.8 Å². The average molecular weight is 694 g/mol. The van der Waals surface area contributed by atoms with E-state index in [-0.39, 0.29) is 18.9 Å². The minimum Gasteiger partial charge on any atom is -0.458 e. The molecule has 50 heavy (non-hydrogen) atoms. The monoisotopic (exact) mass is 693 g/mol. The van der Waals surface area contributed by atoms with Crippen LogP contribution >= 0.6 is 0 Å². The summed E-state index contributed by atoms with van der Waals surface area (Å²) in [5, 5.41) is 5.80. The van der Waals surface area contributed by atoms with Crippen molar-refractivity contribution in [3.63, 3.8) is 0 Å². The van der Waals surface area contributed by atoms with Crippen LogP contribution in [0.25, 0.3) is 0 Å². The number of unbranched alkanes of at least 4 members (excludes halogenated alkanes) is 5. The van der Waals surface area contributed by atoms with E-state index in [1.54, 1.807) is 46.4 Å². The molecule has 9 nitrogen and oxygen atoms in total. The first kappa shape index (κ1) is 42.3. The number of alkyl carbamates (subject to hydrolysis) is 1. The van der Waals surface area contributed by atoms with E-state index in [1.165, 1.54) is 0 Å². The molecule has 0 aliphatic heterocycles. The van der Waals surface area contributed by atoms with Crippen LogP contribution in [-0.2, 0) is 30.3 Å². The lowest BCUT2D eigenvalue weighted by Gasteiger charge is -2.37. The van der Waals surface area contributed by atoms with Crippen molar-refractivity contribution in [1.82, 2.24) is 15.5 Å². The number of nitrogens with zero attached hydrogens (tertiary/aromatic N) is 1. The first-order valence-electron chi connectivity index (χ1n) is 18.3. The Kier molecular flexibility index (Phi) is 16.5. The number of carbonyl (C=O) groups is 4. The summed E-state index contributed by atoms with van der Waals surface area (Å²) in [6.07, 6.45) is 5.42. The fourth-order valence-electron chi connectivity index (χ4n) is 5.81. The Labute approximate surface area is 301 Å². The highest BCUT2D eigenvalue weighted by Crippen LogP contribution is 2.29. The van der Waals surface area contributed by atoms with Gasteiger partial charge in [0, 0.05) is 13.0 Å². The minimum absolute atomic E-state index is 0.210. The molecule has 9 heteroatoms. The van der Waals surface area contributed by atoms with Crippen molar-refractivity contribution < 1.29 is 28.7 Å². The lowest BCUT2D eigenvalue weighted by Crippen LogP contribution is -2.56. The van der Waals surface area contributed by atoms with Crippen molar-refractivity contribution in [3.05, 3.63) is 70.8 Å². The normalized spacial score (nSPS) is 13.6. The summed E-state index contributed by atoms with van der Waals surface area (Å²) in [7, 11) is 0. The van der Waals surface area contributed by atoms with Crippen LogP contribution in [-0.4, -0.2) is 58.6 Å². The van der Waals surface area contributed by atoms with Crippen LogP contribution in [0.2, 0.25) is 0 Å². The molecule has 3 amide bonds. The van der Waals surface area contributed by atoms with Crippen molar-refractivity contribution in [2.24, 2.45) is 5.92 Å². The Bertz CT molecular complexity index is 1390. The second-order valence-electron chi connectivity index (χ2n) is 15.7. The molecule has 3 atom stereocenters. The molecule has 0 saturated carbocycles. The van der Waals surface area contributed by atoms with Gasteiger partial charge in [0.05, 0.1) is 0 Å². The van der Waals surface area contributed by atoms with Crippen molar-refractivity contribution in [3.8, 4) is 0 Å². The van der Waals surface area contributed by atoms with Crippen molar-refractivity contribution in [1.29, 1.82) is 0 Å². The predicted octanol–water partition coefficient (Wildman–Crippen LogP) is 8.15. The van der Waals surface area contributed by atoms with Crippen molar-refractivity contribution in [2.45, 2.75) is 150 Å². The Hall–Kier alpha value is -3.88. The van der Waals surface area contributed by atoms with Crippen LogP contribution < -0.4 is 10.6 Å². The van der Waals surface area contributed by atoms with Crippen LogP contribution in [0.5, 0.6) is 0 Å². The van der Waals surface area contributed by atoms with E-state index in [4.69, 9.17) is 9.47 Å². The lowest BCUT2D eigenvalue weighted by molar-refractivity contribution is -0.159. The van der Waals surface area contributed by atoms with Crippen LogP contribution in [0.4, 0.5) is 4.79 Å². The first-order valence-corrected chi connectivity index (χ1v) is 18.3. The van der Waals surface area contributed by atoms with E-state index in [1.807, 2.05) is 76.2 Å². The molecule has 0 aromatic heterocycles. The maximum Gasteiger partial charge on any atom is 0.408 e. The summed E-state index contributed by atoms with van der Waals surface area (Å²) >= 11 is 0. The average Bonchev–Trinajstić information content (AvgIpc) is 2.99. The number of benzene rings is 2. The summed E-state index contributed by atoms with van der Waals surface area (Å²) in [5.74, 6) is -1.76. The smallest absolute Gasteiger partial charge is 0.408 e. The lowest BCUT2D eigenvalue weighted by atomic mass is 9.94. The number of rotatable bonds is 17. The Balaban J connectivity index is 2.66. The molecule has 0 saturated heterocycles. The number of ether oxygens (including phenoxy) is 2. The minimum atomic E-state index is -1.08. The van der Waals surface area contributed by atoms with Crippen molar-refractivity contribution >= 4 is 23.9 Å². The molecule has 3 unspecified atom stereocenters. The summed E-state index contributed by atoms with van der Waals surface area (Å²) in [5.41, 5.74) is 1.82. The van der Waals surface area contributed by atoms with Gasteiger partial charge in [0.1, 0.15) is 29.3 Å². The molecule has 0 bridgehead atoms. The topological polar surface area (TPSA) is 114 Å². The summed E-state index contributed by atoms with van der Waals surface area (Å²) in [4.78, 5) is 57.7. The van der Waals surface area contributed by atoms with Gasteiger partial charge < -0.3 is 25.0 Å². The third kappa shape index (κ3) is 14.5. The zero-order valence-electron chi connectivity index (χ0n) is 32.5. The molecule has 0 heterocycles. The third-order valence-electron chi connectivity index (χ3n) is 8.21. The quantitative estimate of drug-likeness (QED) is 0.128. The van der Waals surface area contributed by atoms with Gasteiger partial charge >= 0.3 is 12.1 Å². The van der Waals surface area contributed by atoms with Gasteiger partial charge in [-0.15, -0.1) is 0 Å². The maximum atomic E-state index is 14.7. The predicted molar refractivity (Wildman–Crippen MR) is 200 cm³/mol. The Morgan fingerprint density at radius 2 is 1.38 bits per heavy atom. The highest BCUT2D eigenvalue weighted by atomic mass is 16.6. The van der Waals surface area contributed by atoms with Crippen LogP contribution in [0.3, 0.4) is 0 Å². The zero-order chi connectivity index (χ0) is 37.6. The molecule has 2 aromatic rings. The zero-order valence-corrected chi connectivity index (χ0v) is 32.5. The highest BCUT2D eigenvalue weighted by molar-refractivity contribution is 5.94. The van der Waals surface area contributed by atoms with Gasteiger partial charge in [-0.2, -0.15) is 0 Å². The Morgan fingerprint density at radius 1 is 0.780 bits per heavy atom. The second kappa shape index (κ2) is 19.5. The fourth-order valence-corrected chi connectivity index (χ4v) is 5.81. The molecule has 2 aromatic carbocycles. The summed E-state index contributed by atoms with van der Waals surface area (Å²) < 4.78 is 11.3. The molecule has 0 radical (unpaired) electrons. The largest absolute Gasteiger partial charge is 0.458 e. The third-order valence-corrected chi connectivity index (χ3v) is 8.21. The molecule has 0 aliphatic carbocycles. The summed E-state index contributed by atoms with van der Waals surface area (Å²) in [6.45, 7) is 20.7. The van der Waals surface area contributed by atoms with E-state index in [9.17, 15) is 19.2 Å². The van der Waals surface area contributed by atoms with Gasteiger partial charge in [-0.1, -0.05) is 107 Å². The van der Waals surface area contributed by atoms with Gasteiger partial charge in [0.15, 0.2) is 0 Å². The van der Waals surface area contributed by atoms with Crippen LogP contribution in [0.1, 0.15) is 129 Å². The van der Waals surface area contributed by atoms with Crippen LogP contribution in [0.15, 0.2) is 48.5 Å². The molecule has 2 rings (SSSR count). The SMILES string of the molecule is CCCCCCCCN(C(=O)C(NC(=O)OC(C)(C)C)C(C)C)C(C(=O)NC(Cc1ccccc1)C(=O)OC(C)(C)C)c1ccc(C)cc1C. The molecule has 0 spiro atoms. The molecule has 278 valence electrons. The van der Waals surface area contributed by atoms with Gasteiger partial charge in [0.25, 0.3) is 0 Å². The number of hydrogen-bond acceptors (Lipinski definition) is 6. The van der Waals surface area contributed by atoms with Crippen LogP contribution in [0, 0.1) is 19.8 Å². The van der Waals surface area contributed by atoms with Crippen molar-refractivity contribution in [2.75, 3.05) is 6.54 Å². The van der Waals surface area contributed by atoms with Gasteiger partial charge in [-0.25, -0.2) is 9.59 Å². The van der Waals surface area contributed by atoms with E-state index < -0.39 is 53.2 Å². The number of amides is 3. The first-order chi connectivity index (χ1) is 23.3. The number of esters is 1. The molecule has 2 N–H and O–H groups in total. The van der Waals surface area contributed by atoms with E-state index in [0.29, 0.717) is 12.0 Å². The van der Waals surface area contributed by atoms with E-state index in [0.717, 1.165) is 48.8 Å². The number of carbonyl (C=O) groups excluding carboxylic acids is 4. The maximum absolute atomic E-state index is 14.7. The standard InChI is InChI=1S/C41H63N3O6/c1-12-13-14-15-16-20-25-44(37(46)34(28(2)3)43-39(48)50-41(9,10)11)35(32-24-23-29(4)26-30(32)5)36(45)42-33(38(47)49-40(6,7)8)27-31-21-18-17-19-22-31/h17-19,21-24,26,28,33-35H,12-16,20,25,27H2,1-11H3,(H,42,45)(H,43,48). The number of nitrogens with one attached hydrogen (secondary N) is 2. The molecule has 0 fully saturated rings. The Morgan fingerprint density at radius 3 is 1.94 bits per heavy atom. The molecular formula is C41H63N3O6. The highest BCUT2D eigenvalue weighted by Gasteiger charge is 2.39. The fraction of sp³-hybridized carbons (Fsp3) is 0.610. The van der Waals surface area contributed by atoms with E-state index in [2.05, 4.69) is 17.6 Å². The molecule has 0 aliphatic rings. The van der Waals surface area contributed by atoms with E-state index >= 15 is 0 Å². The molecular weight excluding hydrogens is 630 g/mol. The second-order valence-corrected chi connectivity index (χ2v) is 15.7.